The highest BCUT2D eigenvalue weighted by atomic mass is 17.1. The number of carboxylic acids is 2. The third-order valence-electron chi connectivity index (χ3n) is 12.3. The van der Waals surface area contributed by atoms with E-state index in [-0.39, 0.29) is 79.9 Å². The van der Waals surface area contributed by atoms with Crippen molar-refractivity contribution in [1.29, 1.82) is 0 Å². The topological polar surface area (TPSA) is 235 Å². The number of hydrogen-bond acceptors (Lipinski definition) is 12. The van der Waals surface area contributed by atoms with E-state index in [4.69, 9.17) is 19.1 Å². The highest BCUT2D eigenvalue weighted by Crippen LogP contribution is 2.42. The van der Waals surface area contributed by atoms with Gasteiger partial charge >= 0.3 is 17.9 Å². The number of nitrogens with zero attached hydrogens (tertiary/aromatic N) is 2. The van der Waals surface area contributed by atoms with Crippen LogP contribution >= 0.6 is 0 Å². The second-order valence-corrected chi connectivity index (χ2v) is 15.3. The maximum Gasteiger partial charge on any atom is 0.310 e. The lowest BCUT2D eigenvalue weighted by atomic mass is 9.69. The van der Waals surface area contributed by atoms with Gasteiger partial charge in [-0.3, -0.25) is 39.9 Å². The molecule has 5 aliphatic carbocycles. The monoisotopic (exact) mass is 712 g/mol. The lowest BCUT2D eigenvalue weighted by Gasteiger charge is -2.41. The number of hydrogen-bond donors (Lipinski definition) is 3. The molecule has 16 heteroatoms. The molecule has 0 saturated heterocycles. The summed E-state index contributed by atoms with van der Waals surface area (Å²) in [5.41, 5.74) is 0. The first-order chi connectivity index (χ1) is 23.9. The number of carbonyl (C=O) groups is 3. The first kappa shape index (κ1) is 38.3. The van der Waals surface area contributed by atoms with E-state index in [1.807, 2.05) is 0 Å². The number of rotatable bonds is 13. The number of ether oxygens (including phenoxy) is 3. The van der Waals surface area contributed by atoms with Gasteiger partial charge < -0.3 is 24.4 Å². The third kappa shape index (κ3) is 9.68. The van der Waals surface area contributed by atoms with Crippen molar-refractivity contribution in [1.82, 2.24) is 0 Å². The van der Waals surface area contributed by atoms with E-state index in [0.29, 0.717) is 38.5 Å². The normalized spacial score (nSPS) is 38.7. The predicted octanol–water partition coefficient (Wildman–Crippen LogP) is 4.89. The molecule has 0 aromatic carbocycles. The molecule has 0 aliphatic heterocycles. The molecule has 0 radical (unpaired) electrons. The lowest BCUT2D eigenvalue weighted by molar-refractivity contribution is -0.530. The molecule has 0 bridgehead atoms. The fourth-order valence-corrected chi connectivity index (χ4v) is 9.39. The van der Waals surface area contributed by atoms with Crippen molar-refractivity contribution in [3.63, 3.8) is 0 Å². The summed E-state index contributed by atoms with van der Waals surface area (Å²) in [6.45, 7) is 0. The third-order valence-corrected chi connectivity index (χ3v) is 12.3. The van der Waals surface area contributed by atoms with Gasteiger partial charge in [0.15, 0.2) is 0 Å². The van der Waals surface area contributed by atoms with Crippen LogP contribution in [0.4, 0.5) is 0 Å². The zero-order chi connectivity index (χ0) is 35.9. The van der Waals surface area contributed by atoms with Crippen molar-refractivity contribution in [3.05, 3.63) is 20.2 Å². The largest absolute Gasteiger partial charge is 0.481 e. The molecule has 7 atom stereocenters. The molecular formula is C34H52N2O14. The van der Waals surface area contributed by atoms with Gasteiger partial charge in [-0.15, -0.1) is 0 Å². The second-order valence-electron chi connectivity index (χ2n) is 15.3. The Hall–Kier alpha value is -2.95. The first-order valence-electron chi connectivity index (χ1n) is 18.5. The summed E-state index contributed by atoms with van der Waals surface area (Å²) in [4.78, 5) is 63.3. The molecule has 0 aromatic rings. The zero-order valence-corrected chi connectivity index (χ0v) is 28.5. The molecule has 282 valence electrons. The summed E-state index contributed by atoms with van der Waals surface area (Å²) in [6.07, 6.45) is 8.67. The number of carbonyl (C=O) groups excluding carboxylic acids is 1. The number of carboxylic acid groups (broad SMARTS) is 2. The van der Waals surface area contributed by atoms with Gasteiger partial charge in [-0.05, 0) is 95.8 Å². The van der Waals surface area contributed by atoms with Gasteiger partial charge in [-0.1, -0.05) is 0 Å². The van der Waals surface area contributed by atoms with Crippen LogP contribution in [0.2, 0.25) is 0 Å². The summed E-state index contributed by atoms with van der Waals surface area (Å²) in [6, 6.07) is -1.76. The van der Waals surface area contributed by atoms with Crippen LogP contribution in [0.15, 0.2) is 0 Å². The Balaban J connectivity index is 0.994. The maximum atomic E-state index is 12.9. The molecule has 50 heavy (non-hydrogen) atoms. The molecule has 5 fully saturated rings. The Morgan fingerprint density at radius 3 is 1.42 bits per heavy atom. The standard InChI is InChI=1S/C34H52N2O14/c37-32(38)27-15-3-20(35(42)43)17-29(27)31(50-46)19-1-5-22(6-2-19)47-23-7-9-24(10-8-23)48-25-11-13-26(14-12-25)49-34(41)30-18-21(36(44)45)4-16-28(30)33(39)40/h19-31,46H,1-18H2,(H,37,38)(H,39,40). The molecule has 0 aromatic heterocycles. The van der Waals surface area contributed by atoms with Gasteiger partial charge in [-0.2, -0.15) is 0 Å². The number of nitro groups is 2. The Kier molecular flexibility index (Phi) is 13.4. The molecule has 0 heterocycles. The molecule has 7 unspecified atom stereocenters. The van der Waals surface area contributed by atoms with Gasteiger partial charge in [0, 0.05) is 41.4 Å². The minimum Gasteiger partial charge on any atom is -0.481 e. The summed E-state index contributed by atoms with van der Waals surface area (Å²) in [5, 5.41) is 51.8. The Labute approximate surface area is 290 Å². The minimum absolute atomic E-state index is 0.0372. The van der Waals surface area contributed by atoms with Crippen molar-refractivity contribution in [3.8, 4) is 0 Å². The fourth-order valence-electron chi connectivity index (χ4n) is 9.39. The average molecular weight is 713 g/mol. The molecule has 5 rings (SSSR count). The second kappa shape index (κ2) is 17.5. The van der Waals surface area contributed by atoms with Crippen molar-refractivity contribution >= 4 is 17.9 Å². The summed E-state index contributed by atoms with van der Waals surface area (Å²) in [7, 11) is 0. The number of esters is 1. The van der Waals surface area contributed by atoms with Crippen LogP contribution in [0, 0.1) is 49.8 Å². The minimum atomic E-state index is -1.12. The van der Waals surface area contributed by atoms with E-state index in [2.05, 4.69) is 0 Å². The van der Waals surface area contributed by atoms with E-state index in [1.54, 1.807) is 0 Å². The van der Waals surface area contributed by atoms with Gasteiger partial charge in [0.25, 0.3) is 0 Å². The van der Waals surface area contributed by atoms with E-state index >= 15 is 0 Å². The van der Waals surface area contributed by atoms with Crippen LogP contribution in [0.3, 0.4) is 0 Å². The van der Waals surface area contributed by atoms with Crippen LogP contribution in [0.1, 0.15) is 116 Å². The van der Waals surface area contributed by atoms with Crippen molar-refractivity contribution in [2.45, 2.75) is 164 Å². The summed E-state index contributed by atoms with van der Waals surface area (Å²) >= 11 is 0. The van der Waals surface area contributed by atoms with Gasteiger partial charge in [0.1, 0.15) is 6.10 Å². The van der Waals surface area contributed by atoms with Crippen LogP contribution in [-0.2, 0) is 33.5 Å². The smallest absolute Gasteiger partial charge is 0.310 e. The zero-order valence-electron chi connectivity index (χ0n) is 28.5. The predicted molar refractivity (Wildman–Crippen MR) is 172 cm³/mol. The Bertz CT molecular complexity index is 1190. The van der Waals surface area contributed by atoms with Crippen LogP contribution < -0.4 is 0 Å². The van der Waals surface area contributed by atoms with Crippen LogP contribution in [0.5, 0.6) is 0 Å². The Morgan fingerprint density at radius 1 is 0.560 bits per heavy atom. The highest BCUT2D eigenvalue weighted by molar-refractivity contribution is 5.81. The van der Waals surface area contributed by atoms with E-state index in [1.165, 1.54) is 0 Å². The van der Waals surface area contributed by atoms with Crippen molar-refractivity contribution in [2.24, 2.45) is 29.6 Å². The lowest BCUT2D eigenvalue weighted by Crippen LogP contribution is -2.46. The van der Waals surface area contributed by atoms with E-state index in [9.17, 15) is 50.1 Å². The molecule has 16 nitrogen and oxygen atoms in total. The molecule has 5 aliphatic rings. The molecule has 0 spiro atoms. The maximum absolute atomic E-state index is 12.9. The molecule has 0 amide bonds. The summed E-state index contributed by atoms with van der Waals surface area (Å²) in [5.74, 6) is -6.26. The van der Waals surface area contributed by atoms with Crippen LogP contribution in [0.25, 0.3) is 0 Å². The highest BCUT2D eigenvalue weighted by Gasteiger charge is 2.48. The molecular weight excluding hydrogens is 660 g/mol. The fraction of sp³-hybridized carbons (Fsp3) is 0.912. The van der Waals surface area contributed by atoms with E-state index < -0.39 is 64.7 Å². The first-order valence-corrected chi connectivity index (χ1v) is 18.5. The average Bonchev–Trinajstić information content (AvgIpc) is 3.10. The molecule has 3 N–H and O–H groups in total. The van der Waals surface area contributed by atoms with E-state index in [0.717, 1.165) is 38.5 Å². The molecule has 5 saturated carbocycles. The van der Waals surface area contributed by atoms with Gasteiger partial charge in [0.2, 0.25) is 12.1 Å². The summed E-state index contributed by atoms with van der Waals surface area (Å²) < 4.78 is 18.6. The van der Waals surface area contributed by atoms with Crippen molar-refractivity contribution < 1.29 is 58.8 Å². The SMILES string of the molecule is O=C(O)C1CCC([N+](=O)[O-])CC1C(=O)OC1CCC(OC2CCC(OC3CCC(C(OO)C4CC([N+](=O)[O-])CCC4C(=O)O)CC3)CC2)CC1. The van der Waals surface area contributed by atoms with Gasteiger partial charge in [0.05, 0.1) is 48.3 Å². The van der Waals surface area contributed by atoms with Crippen LogP contribution in [-0.4, -0.2) is 91.9 Å². The quantitative estimate of drug-likeness (QED) is 0.0998. The number of aliphatic carboxylic acids is 2. The Morgan fingerprint density at radius 2 is 0.980 bits per heavy atom. The van der Waals surface area contributed by atoms with Crippen molar-refractivity contribution in [2.75, 3.05) is 0 Å². The van der Waals surface area contributed by atoms with Gasteiger partial charge in [-0.25, -0.2) is 4.89 Å².